The molecular formula is C14H20ClNO4S. The van der Waals surface area contributed by atoms with E-state index in [4.69, 9.17) is 15.4 Å². The van der Waals surface area contributed by atoms with Gasteiger partial charge in [-0.25, -0.2) is 8.42 Å². The molecule has 0 atom stereocenters. The number of carbonyl (C=O) groups excluding carboxylic acids is 1. The molecule has 0 unspecified atom stereocenters. The summed E-state index contributed by atoms with van der Waals surface area (Å²) < 4.78 is 27.8. The van der Waals surface area contributed by atoms with Crippen LogP contribution in [0.3, 0.4) is 0 Å². The van der Waals surface area contributed by atoms with Crippen LogP contribution in [-0.4, -0.2) is 34.6 Å². The molecule has 1 N–H and O–H groups in total. The van der Waals surface area contributed by atoms with Gasteiger partial charge < -0.3 is 10.1 Å². The van der Waals surface area contributed by atoms with Crippen molar-refractivity contribution in [2.45, 2.75) is 31.1 Å². The molecular weight excluding hydrogens is 314 g/mol. The molecule has 0 bridgehead atoms. The zero-order valence-corrected chi connectivity index (χ0v) is 13.8. The zero-order valence-electron chi connectivity index (χ0n) is 12.2. The molecule has 0 aliphatic carbocycles. The summed E-state index contributed by atoms with van der Waals surface area (Å²) in [7, 11) is 3.15. The van der Waals surface area contributed by atoms with Gasteiger partial charge in [-0.2, -0.15) is 0 Å². The molecule has 1 aromatic carbocycles. The van der Waals surface area contributed by atoms with Gasteiger partial charge in [0.05, 0.1) is 4.90 Å². The highest BCUT2D eigenvalue weighted by atomic mass is 35.7. The number of carbonyl (C=O) groups is 1. The van der Waals surface area contributed by atoms with Crippen LogP contribution in [0.1, 0.15) is 35.2 Å². The molecule has 0 spiro atoms. The Balaban J connectivity index is 2.59. The van der Waals surface area contributed by atoms with Gasteiger partial charge in [0.1, 0.15) is 0 Å². The molecule has 1 amide bonds. The van der Waals surface area contributed by atoms with E-state index in [1.54, 1.807) is 26.2 Å². The number of hydrogen-bond donors (Lipinski definition) is 1. The van der Waals surface area contributed by atoms with Gasteiger partial charge in [0.15, 0.2) is 0 Å². The van der Waals surface area contributed by atoms with E-state index in [1.807, 2.05) is 0 Å². The lowest BCUT2D eigenvalue weighted by Crippen LogP contribution is -2.24. The van der Waals surface area contributed by atoms with E-state index in [2.05, 4.69) is 5.32 Å². The molecule has 118 valence electrons. The summed E-state index contributed by atoms with van der Waals surface area (Å²) in [6, 6.07) is 4.46. The Morgan fingerprint density at radius 3 is 2.62 bits per heavy atom. The smallest absolute Gasteiger partial charge is 0.261 e. The molecule has 7 heteroatoms. The minimum atomic E-state index is -3.85. The van der Waals surface area contributed by atoms with Crippen molar-refractivity contribution < 1.29 is 17.9 Å². The maximum absolute atomic E-state index is 12.0. The van der Waals surface area contributed by atoms with Crippen molar-refractivity contribution in [1.82, 2.24) is 5.32 Å². The van der Waals surface area contributed by atoms with Crippen molar-refractivity contribution in [3.8, 4) is 0 Å². The number of hydrogen-bond acceptors (Lipinski definition) is 4. The van der Waals surface area contributed by atoms with Crippen molar-refractivity contribution in [3.63, 3.8) is 0 Å². The van der Waals surface area contributed by atoms with Crippen LogP contribution in [-0.2, 0) is 13.8 Å². The predicted octanol–water partition coefficient (Wildman–Crippen LogP) is 2.47. The number of unbranched alkanes of at least 4 members (excludes halogenated alkanes) is 2. The summed E-state index contributed by atoms with van der Waals surface area (Å²) in [6.45, 7) is 2.88. The summed E-state index contributed by atoms with van der Waals surface area (Å²) in [4.78, 5) is 11.9. The Morgan fingerprint density at radius 1 is 1.29 bits per heavy atom. The third-order valence-electron chi connectivity index (χ3n) is 3.02. The minimum Gasteiger partial charge on any atom is -0.385 e. The van der Waals surface area contributed by atoms with E-state index in [9.17, 15) is 13.2 Å². The maximum atomic E-state index is 12.0. The maximum Gasteiger partial charge on any atom is 0.261 e. The fourth-order valence-electron chi connectivity index (χ4n) is 1.86. The highest BCUT2D eigenvalue weighted by Crippen LogP contribution is 2.20. The average Bonchev–Trinajstić information content (AvgIpc) is 2.41. The van der Waals surface area contributed by atoms with Crippen LogP contribution in [0.2, 0.25) is 0 Å². The normalized spacial score (nSPS) is 11.4. The van der Waals surface area contributed by atoms with Crippen LogP contribution in [0.25, 0.3) is 0 Å². The van der Waals surface area contributed by atoms with Gasteiger partial charge in [0.25, 0.3) is 15.0 Å². The molecule has 0 fully saturated rings. The van der Waals surface area contributed by atoms with Gasteiger partial charge in [-0.15, -0.1) is 0 Å². The van der Waals surface area contributed by atoms with Crippen molar-refractivity contribution in [2.75, 3.05) is 20.3 Å². The summed E-state index contributed by atoms with van der Waals surface area (Å²) in [5.74, 6) is -0.302. The summed E-state index contributed by atoms with van der Waals surface area (Å²) in [6.07, 6.45) is 2.76. The number of benzene rings is 1. The van der Waals surface area contributed by atoms with Gasteiger partial charge >= 0.3 is 0 Å². The second kappa shape index (κ2) is 8.36. The fourth-order valence-corrected chi connectivity index (χ4v) is 3.08. The predicted molar refractivity (Wildman–Crippen MR) is 82.3 cm³/mol. The van der Waals surface area contributed by atoms with Crippen LogP contribution >= 0.6 is 10.7 Å². The largest absolute Gasteiger partial charge is 0.385 e. The Bertz CT molecular complexity index is 587. The Hall–Kier alpha value is -1.11. The number of halogens is 1. The van der Waals surface area contributed by atoms with E-state index in [-0.39, 0.29) is 16.4 Å². The van der Waals surface area contributed by atoms with E-state index in [0.29, 0.717) is 18.7 Å². The van der Waals surface area contributed by atoms with Gasteiger partial charge in [-0.3, -0.25) is 4.79 Å². The molecule has 0 heterocycles. The SMILES string of the molecule is COCCCCCNC(=O)c1ccc(C)c(S(=O)(=O)Cl)c1. The van der Waals surface area contributed by atoms with E-state index in [1.165, 1.54) is 6.07 Å². The zero-order chi connectivity index (χ0) is 15.9. The quantitative estimate of drug-likeness (QED) is 0.586. The summed E-state index contributed by atoms with van der Waals surface area (Å²) in [5, 5.41) is 2.76. The topological polar surface area (TPSA) is 72.5 Å². The molecule has 0 aliphatic heterocycles. The first-order valence-electron chi connectivity index (χ1n) is 6.68. The molecule has 21 heavy (non-hydrogen) atoms. The van der Waals surface area contributed by atoms with Crippen molar-refractivity contribution in [2.24, 2.45) is 0 Å². The van der Waals surface area contributed by atoms with Crippen LogP contribution in [0.4, 0.5) is 0 Å². The second-order valence-electron chi connectivity index (χ2n) is 4.73. The first-order chi connectivity index (χ1) is 9.86. The lowest BCUT2D eigenvalue weighted by atomic mass is 10.1. The summed E-state index contributed by atoms with van der Waals surface area (Å²) >= 11 is 0. The monoisotopic (exact) mass is 333 g/mol. The number of ether oxygens (including phenoxy) is 1. The molecule has 0 radical (unpaired) electrons. The number of rotatable bonds is 8. The molecule has 1 rings (SSSR count). The number of amides is 1. The van der Waals surface area contributed by atoms with Crippen LogP contribution in [0.5, 0.6) is 0 Å². The lowest BCUT2D eigenvalue weighted by molar-refractivity contribution is 0.0952. The average molecular weight is 334 g/mol. The third kappa shape index (κ3) is 6.03. The Labute approximate surface area is 130 Å². The molecule has 0 aliphatic rings. The Kier molecular flexibility index (Phi) is 7.14. The van der Waals surface area contributed by atoms with Crippen molar-refractivity contribution >= 4 is 25.6 Å². The molecule has 5 nitrogen and oxygen atoms in total. The highest BCUT2D eigenvalue weighted by Gasteiger charge is 2.16. The lowest BCUT2D eigenvalue weighted by Gasteiger charge is -2.08. The van der Waals surface area contributed by atoms with E-state index < -0.39 is 9.05 Å². The van der Waals surface area contributed by atoms with E-state index >= 15 is 0 Å². The molecule has 0 saturated heterocycles. The minimum absolute atomic E-state index is 0.0306. The first kappa shape index (κ1) is 17.9. The van der Waals surface area contributed by atoms with Crippen LogP contribution in [0, 0.1) is 6.92 Å². The number of aryl methyl sites for hydroxylation is 1. The van der Waals surface area contributed by atoms with Gasteiger partial charge in [-0.05, 0) is 43.9 Å². The summed E-state index contributed by atoms with van der Waals surface area (Å²) in [5.41, 5.74) is 0.804. The van der Waals surface area contributed by atoms with Crippen molar-refractivity contribution in [3.05, 3.63) is 29.3 Å². The van der Waals surface area contributed by atoms with Crippen LogP contribution < -0.4 is 5.32 Å². The third-order valence-corrected chi connectivity index (χ3v) is 4.49. The van der Waals surface area contributed by atoms with E-state index in [0.717, 1.165) is 19.3 Å². The number of methoxy groups -OCH3 is 1. The molecule has 1 aromatic rings. The highest BCUT2D eigenvalue weighted by molar-refractivity contribution is 8.13. The van der Waals surface area contributed by atoms with Gasteiger partial charge in [0.2, 0.25) is 0 Å². The van der Waals surface area contributed by atoms with Gasteiger partial charge in [-0.1, -0.05) is 6.07 Å². The Morgan fingerprint density at radius 2 is 2.00 bits per heavy atom. The first-order valence-corrected chi connectivity index (χ1v) is 8.99. The fraction of sp³-hybridized carbons (Fsp3) is 0.500. The molecule has 0 aromatic heterocycles. The molecule has 0 saturated carbocycles. The van der Waals surface area contributed by atoms with Crippen LogP contribution in [0.15, 0.2) is 23.1 Å². The van der Waals surface area contributed by atoms with Gasteiger partial charge in [0, 0.05) is 36.5 Å². The number of nitrogens with one attached hydrogen (secondary N) is 1. The van der Waals surface area contributed by atoms with Crippen molar-refractivity contribution in [1.29, 1.82) is 0 Å². The standard InChI is InChI=1S/C14H20ClNO4S/c1-11-6-7-12(10-13(11)21(15,18)19)14(17)16-8-4-3-5-9-20-2/h6-7,10H,3-5,8-9H2,1-2H3,(H,16,17). The second-order valence-corrected chi connectivity index (χ2v) is 7.26.